The molecule has 1 aliphatic rings. The molecule has 2 N–H and O–H groups in total. The van der Waals surface area contributed by atoms with Gasteiger partial charge in [-0.25, -0.2) is 35.8 Å². The van der Waals surface area contributed by atoms with Crippen molar-refractivity contribution >= 4 is 38.5 Å². The van der Waals surface area contributed by atoms with E-state index in [9.17, 15) is 22.4 Å². The number of piperazine rings is 1. The van der Waals surface area contributed by atoms with Crippen LogP contribution in [0.3, 0.4) is 0 Å². The Morgan fingerprint density at radius 1 is 1.16 bits per heavy atom. The van der Waals surface area contributed by atoms with Crippen molar-refractivity contribution in [2.24, 2.45) is 0 Å². The molecule has 3 aromatic heterocycles. The number of aromatic nitrogens is 4. The molecule has 0 aliphatic carbocycles. The van der Waals surface area contributed by atoms with Gasteiger partial charge in [-0.1, -0.05) is 12.6 Å². The number of sulfonamides is 1. The summed E-state index contributed by atoms with van der Waals surface area (Å²) in [7, 11) is -1.46. The largest absolute Gasteiger partial charge is 0.398 e. The number of rotatable bonds is 6. The Morgan fingerprint density at radius 2 is 1.91 bits per heavy atom. The van der Waals surface area contributed by atoms with Crippen molar-refractivity contribution in [1.29, 1.82) is 0 Å². The van der Waals surface area contributed by atoms with Gasteiger partial charge in [-0.2, -0.15) is 4.98 Å². The highest BCUT2D eigenvalue weighted by atomic mass is 32.2. The van der Waals surface area contributed by atoms with Gasteiger partial charge in [0, 0.05) is 51.7 Å². The number of fused-ring (bicyclic) bond motifs is 1. The van der Waals surface area contributed by atoms with E-state index < -0.39 is 33.0 Å². The van der Waals surface area contributed by atoms with E-state index in [1.165, 1.54) is 44.6 Å². The van der Waals surface area contributed by atoms with Crippen LogP contribution in [0.2, 0.25) is 0 Å². The maximum Gasteiger partial charge on any atom is 0.355 e. The number of nitrogens with two attached hydrogens (primary N) is 1. The van der Waals surface area contributed by atoms with Crippen LogP contribution in [-0.4, -0.2) is 82.8 Å². The Hall–Kier alpha value is -4.76. The number of amides is 1. The normalized spacial score (nSPS) is 15.7. The second kappa shape index (κ2) is 11.1. The second-order valence-electron chi connectivity index (χ2n) is 10.1. The minimum atomic E-state index is -4.11. The fourth-order valence-electron chi connectivity index (χ4n) is 5.07. The molecule has 0 unspecified atom stereocenters. The highest BCUT2D eigenvalue weighted by Crippen LogP contribution is 2.35. The van der Waals surface area contributed by atoms with E-state index in [4.69, 9.17) is 5.73 Å². The van der Waals surface area contributed by atoms with Gasteiger partial charge < -0.3 is 15.5 Å². The maximum absolute atomic E-state index is 15.8. The van der Waals surface area contributed by atoms with Crippen LogP contribution in [0, 0.1) is 11.6 Å². The lowest BCUT2D eigenvalue weighted by molar-refractivity contribution is -0.126. The van der Waals surface area contributed by atoms with Crippen LogP contribution in [0.25, 0.3) is 28.0 Å². The number of nitrogens with zero attached hydrogens (tertiary/aromatic N) is 7. The molecule has 1 amide bonds. The Labute approximate surface area is 245 Å². The Balaban J connectivity index is 1.84. The highest BCUT2D eigenvalue weighted by molar-refractivity contribution is 7.89. The fraction of sp³-hybridized carbons (Fsp3) is 0.250. The summed E-state index contributed by atoms with van der Waals surface area (Å²) in [5, 5.41) is 0.0446. The van der Waals surface area contributed by atoms with Crippen LogP contribution in [0.5, 0.6) is 0 Å². The summed E-state index contributed by atoms with van der Waals surface area (Å²) < 4.78 is 59.2. The Kier molecular flexibility index (Phi) is 7.70. The number of pyridine rings is 2. The lowest BCUT2D eigenvalue weighted by Crippen LogP contribution is -2.54. The summed E-state index contributed by atoms with van der Waals surface area (Å²) in [5.74, 6) is -1.98. The molecule has 15 heteroatoms. The van der Waals surface area contributed by atoms with Crippen molar-refractivity contribution in [3.8, 4) is 16.9 Å². The molecular formula is C28H28F2N8O4S. The van der Waals surface area contributed by atoms with Crippen LogP contribution < -0.4 is 16.3 Å². The predicted molar refractivity (Wildman–Crippen MR) is 157 cm³/mol. The van der Waals surface area contributed by atoms with Crippen molar-refractivity contribution in [3.63, 3.8) is 0 Å². The van der Waals surface area contributed by atoms with Gasteiger partial charge >= 0.3 is 5.69 Å². The quantitative estimate of drug-likeness (QED) is 0.256. The zero-order chi connectivity index (χ0) is 31.2. The van der Waals surface area contributed by atoms with Gasteiger partial charge in [0.15, 0.2) is 11.5 Å². The fourth-order valence-corrected chi connectivity index (χ4v) is 6.10. The number of hydrogen-bond acceptors (Lipinski definition) is 9. The van der Waals surface area contributed by atoms with Gasteiger partial charge in [-0.15, -0.1) is 0 Å². The van der Waals surface area contributed by atoms with Gasteiger partial charge in [0.2, 0.25) is 15.9 Å². The third-order valence-electron chi connectivity index (χ3n) is 7.23. The molecule has 12 nitrogen and oxygen atoms in total. The summed E-state index contributed by atoms with van der Waals surface area (Å²) in [4.78, 5) is 41.7. The minimum Gasteiger partial charge on any atom is -0.398 e. The molecule has 0 radical (unpaired) electrons. The monoisotopic (exact) mass is 610 g/mol. The molecule has 43 heavy (non-hydrogen) atoms. The molecule has 0 bridgehead atoms. The molecule has 1 atom stereocenters. The smallest absolute Gasteiger partial charge is 0.355 e. The third kappa shape index (κ3) is 5.10. The van der Waals surface area contributed by atoms with Crippen LogP contribution in [0.15, 0.2) is 65.1 Å². The molecule has 0 saturated carbocycles. The van der Waals surface area contributed by atoms with E-state index in [1.54, 1.807) is 9.80 Å². The van der Waals surface area contributed by atoms with Crippen LogP contribution in [0.1, 0.15) is 6.92 Å². The molecule has 224 valence electrons. The molecule has 0 spiro atoms. The maximum atomic E-state index is 15.8. The van der Waals surface area contributed by atoms with E-state index in [-0.39, 0.29) is 70.3 Å². The zero-order valence-electron chi connectivity index (χ0n) is 23.5. The molecular weight excluding hydrogens is 582 g/mol. The predicted octanol–water partition coefficient (Wildman–Crippen LogP) is 2.18. The van der Waals surface area contributed by atoms with Gasteiger partial charge in [0.25, 0.3) is 0 Å². The molecule has 1 saturated heterocycles. The second-order valence-corrected chi connectivity index (χ2v) is 12.2. The molecule has 1 aromatic carbocycles. The Morgan fingerprint density at radius 3 is 2.56 bits per heavy atom. The number of halogens is 2. The van der Waals surface area contributed by atoms with Crippen LogP contribution >= 0.6 is 0 Å². The van der Waals surface area contributed by atoms with Crippen molar-refractivity contribution < 1.29 is 22.0 Å². The first kappa shape index (κ1) is 29.7. The number of benzene rings is 1. The zero-order valence-corrected chi connectivity index (χ0v) is 24.3. The topological polar surface area (TPSA) is 148 Å². The Bertz CT molecular complexity index is 1930. The molecule has 5 rings (SSSR count). The SMILES string of the molecule is C=CC(=O)N1CCN(c2nc(=O)n(-c3cnccc3S(=O)(=O)N(C)C)c3nc(-c4c(N)cccc4F)c(F)cc23)[C@@H](C)C1. The summed E-state index contributed by atoms with van der Waals surface area (Å²) >= 11 is 0. The summed E-state index contributed by atoms with van der Waals surface area (Å²) in [6.45, 7) is 6.11. The van der Waals surface area contributed by atoms with Gasteiger partial charge in [-0.05, 0) is 37.3 Å². The van der Waals surface area contributed by atoms with Crippen molar-refractivity contribution in [3.05, 3.63) is 77.5 Å². The summed E-state index contributed by atoms with van der Waals surface area (Å²) in [6, 6.07) is 5.74. The first-order valence-corrected chi connectivity index (χ1v) is 14.5. The third-order valence-corrected chi connectivity index (χ3v) is 9.09. The molecule has 1 fully saturated rings. The number of carbonyl (C=O) groups excluding carboxylic acids is 1. The number of nitrogen functional groups attached to an aromatic ring is 1. The molecule has 1 aliphatic heterocycles. The van der Waals surface area contributed by atoms with Crippen molar-refractivity contribution in [1.82, 2.24) is 28.7 Å². The first-order valence-electron chi connectivity index (χ1n) is 13.1. The van der Waals surface area contributed by atoms with Gasteiger partial charge in [-0.3, -0.25) is 9.78 Å². The van der Waals surface area contributed by atoms with Crippen molar-refractivity contribution in [2.45, 2.75) is 17.9 Å². The van der Waals surface area contributed by atoms with E-state index in [1.807, 2.05) is 6.92 Å². The van der Waals surface area contributed by atoms with Crippen LogP contribution in [0.4, 0.5) is 20.3 Å². The van der Waals surface area contributed by atoms with Gasteiger partial charge in [0.05, 0.1) is 22.8 Å². The average Bonchev–Trinajstić information content (AvgIpc) is 2.96. The van der Waals surface area contributed by atoms with E-state index >= 15 is 4.39 Å². The number of anilines is 2. The lowest BCUT2D eigenvalue weighted by Gasteiger charge is -2.40. The first-order chi connectivity index (χ1) is 20.4. The number of carbonyl (C=O) groups is 1. The minimum absolute atomic E-state index is 0.0446. The highest BCUT2D eigenvalue weighted by Gasteiger charge is 2.31. The van der Waals surface area contributed by atoms with Crippen LogP contribution in [-0.2, 0) is 14.8 Å². The average molecular weight is 611 g/mol. The standard InChI is InChI=1S/C28H28F2N8O4S/c1-5-23(39)36-11-12-37(16(2)15-36)26-17-13-19(30)25(24-18(29)7-6-8-20(24)31)33-27(17)38(28(40)34-26)21-14-32-10-9-22(21)43(41,42)35(3)4/h5-10,13-14,16H,1,11-12,15,31H2,2-4H3/t16-/m0/s1. The van der Waals surface area contributed by atoms with E-state index in [0.29, 0.717) is 0 Å². The number of hydrogen-bond donors (Lipinski definition) is 1. The van der Waals surface area contributed by atoms with E-state index in [0.717, 1.165) is 27.2 Å². The van der Waals surface area contributed by atoms with E-state index in [2.05, 4.69) is 21.5 Å². The summed E-state index contributed by atoms with van der Waals surface area (Å²) in [5.41, 5.74) is 3.78. The molecule has 4 heterocycles. The molecule has 4 aromatic rings. The van der Waals surface area contributed by atoms with Gasteiger partial charge in [0.1, 0.15) is 22.2 Å². The van der Waals surface area contributed by atoms with Crippen molar-refractivity contribution in [2.75, 3.05) is 44.4 Å². The lowest BCUT2D eigenvalue weighted by atomic mass is 10.1. The summed E-state index contributed by atoms with van der Waals surface area (Å²) in [6.07, 6.45) is 3.61.